The van der Waals surface area contributed by atoms with Crippen LogP contribution in [0.1, 0.15) is 12.7 Å². The van der Waals surface area contributed by atoms with Crippen LogP contribution >= 0.6 is 22.6 Å². The monoisotopic (exact) mass is 307 g/mol. The highest BCUT2D eigenvalue weighted by atomic mass is 127. The van der Waals surface area contributed by atoms with Crippen LogP contribution < -0.4 is 5.32 Å². The lowest BCUT2D eigenvalue weighted by atomic mass is 9.89. The van der Waals surface area contributed by atoms with E-state index < -0.39 is 0 Å². The summed E-state index contributed by atoms with van der Waals surface area (Å²) in [6.45, 7) is 5.77. The normalized spacial score (nSPS) is 19.3. The van der Waals surface area contributed by atoms with E-state index in [0.717, 1.165) is 35.8 Å². The van der Waals surface area contributed by atoms with E-state index in [1.165, 1.54) is 0 Å². The van der Waals surface area contributed by atoms with Crippen molar-refractivity contribution < 1.29 is 9.15 Å². The molecule has 1 aromatic rings. The molecule has 4 heteroatoms. The van der Waals surface area contributed by atoms with Gasteiger partial charge < -0.3 is 14.5 Å². The quantitative estimate of drug-likeness (QED) is 0.864. The van der Waals surface area contributed by atoms with Crippen LogP contribution in [-0.4, -0.2) is 19.8 Å². The molecule has 0 radical (unpaired) electrons. The van der Waals surface area contributed by atoms with Gasteiger partial charge in [-0.1, -0.05) is 6.92 Å². The van der Waals surface area contributed by atoms with Crippen molar-refractivity contribution >= 4 is 22.6 Å². The van der Waals surface area contributed by atoms with E-state index in [9.17, 15) is 0 Å². The molecule has 1 aliphatic rings. The van der Waals surface area contributed by atoms with Gasteiger partial charge in [0.25, 0.3) is 0 Å². The Kier molecular flexibility index (Phi) is 3.14. The summed E-state index contributed by atoms with van der Waals surface area (Å²) in [6.07, 6.45) is 0. The van der Waals surface area contributed by atoms with Gasteiger partial charge in [0.15, 0.2) is 3.77 Å². The lowest BCUT2D eigenvalue weighted by molar-refractivity contribution is -0.0992. The lowest BCUT2D eigenvalue weighted by Crippen LogP contribution is -2.47. The van der Waals surface area contributed by atoms with Crippen LogP contribution in [0.4, 0.5) is 0 Å². The summed E-state index contributed by atoms with van der Waals surface area (Å²) in [5, 5.41) is 3.38. The molecule has 1 aromatic heterocycles. The highest BCUT2D eigenvalue weighted by molar-refractivity contribution is 14.1. The first-order valence-electron chi connectivity index (χ1n) is 4.71. The lowest BCUT2D eigenvalue weighted by Gasteiger charge is -2.38. The van der Waals surface area contributed by atoms with Gasteiger partial charge in [0, 0.05) is 12.0 Å². The first-order valence-corrected chi connectivity index (χ1v) is 5.79. The van der Waals surface area contributed by atoms with Crippen LogP contribution in [0.15, 0.2) is 16.5 Å². The Morgan fingerprint density at radius 1 is 1.50 bits per heavy atom. The van der Waals surface area contributed by atoms with Gasteiger partial charge in [0.1, 0.15) is 5.76 Å². The molecule has 1 N–H and O–H groups in total. The molecule has 2 heterocycles. The van der Waals surface area contributed by atoms with Crippen molar-refractivity contribution in [3.63, 3.8) is 0 Å². The molecule has 0 unspecified atom stereocenters. The highest BCUT2D eigenvalue weighted by Crippen LogP contribution is 2.25. The first kappa shape index (κ1) is 10.4. The molecular weight excluding hydrogens is 293 g/mol. The van der Waals surface area contributed by atoms with Gasteiger partial charge in [-0.25, -0.2) is 0 Å². The molecule has 78 valence electrons. The van der Waals surface area contributed by atoms with Crippen molar-refractivity contribution in [3.05, 3.63) is 21.7 Å². The zero-order chi connectivity index (χ0) is 10.0. The molecule has 0 aliphatic carbocycles. The summed E-state index contributed by atoms with van der Waals surface area (Å²) in [5.74, 6) is 0.998. The zero-order valence-corrected chi connectivity index (χ0v) is 10.3. The Morgan fingerprint density at radius 2 is 2.29 bits per heavy atom. The van der Waals surface area contributed by atoms with Crippen LogP contribution in [0.5, 0.6) is 0 Å². The summed E-state index contributed by atoms with van der Waals surface area (Å²) >= 11 is 2.17. The number of halogens is 1. The molecule has 1 saturated heterocycles. The van der Waals surface area contributed by atoms with Crippen LogP contribution in [0.2, 0.25) is 0 Å². The molecule has 0 amide bonds. The molecule has 14 heavy (non-hydrogen) atoms. The molecule has 0 bridgehead atoms. The highest BCUT2D eigenvalue weighted by Gasteiger charge is 2.32. The topological polar surface area (TPSA) is 34.4 Å². The minimum absolute atomic E-state index is 0.333. The fourth-order valence-corrected chi connectivity index (χ4v) is 1.95. The van der Waals surface area contributed by atoms with E-state index in [2.05, 4.69) is 34.8 Å². The zero-order valence-electron chi connectivity index (χ0n) is 8.18. The predicted molar refractivity (Wildman–Crippen MR) is 62.1 cm³/mol. The Bertz CT molecular complexity index is 307. The average Bonchev–Trinajstić information content (AvgIpc) is 2.49. The van der Waals surface area contributed by atoms with Crippen molar-refractivity contribution in [1.29, 1.82) is 0 Å². The number of hydrogen-bond donors (Lipinski definition) is 1. The van der Waals surface area contributed by atoms with Crippen LogP contribution in [0.3, 0.4) is 0 Å². The molecule has 0 spiro atoms. The molecular formula is C10H14INO2. The van der Waals surface area contributed by atoms with Crippen molar-refractivity contribution in [1.82, 2.24) is 5.32 Å². The minimum atomic E-state index is 0.333. The van der Waals surface area contributed by atoms with Crippen LogP contribution in [0, 0.1) is 9.18 Å². The smallest absolute Gasteiger partial charge is 0.164 e. The number of hydrogen-bond acceptors (Lipinski definition) is 3. The standard InChI is InChI=1S/C10H14INO2/c1-10(6-13-7-10)5-12-4-8-2-3-9(11)14-8/h2-3,12H,4-7H2,1H3. The Balaban J connectivity index is 1.72. The number of nitrogens with one attached hydrogen (secondary N) is 1. The molecule has 0 saturated carbocycles. The van der Waals surface area contributed by atoms with E-state index in [1.54, 1.807) is 0 Å². The van der Waals surface area contributed by atoms with E-state index in [-0.39, 0.29) is 0 Å². The van der Waals surface area contributed by atoms with Crippen LogP contribution in [-0.2, 0) is 11.3 Å². The molecule has 1 aliphatic heterocycles. The molecule has 2 rings (SSSR count). The SMILES string of the molecule is CC1(CNCc2ccc(I)o2)COC1. The van der Waals surface area contributed by atoms with Gasteiger partial charge >= 0.3 is 0 Å². The molecule has 0 aromatic carbocycles. The Labute approximate surface area is 97.3 Å². The van der Waals surface area contributed by atoms with Gasteiger partial charge in [-0.2, -0.15) is 0 Å². The fourth-order valence-electron chi connectivity index (χ4n) is 1.49. The first-order chi connectivity index (χ1) is 6.68. The second-order valence-electron chi connectivity index (χ2n) is 4.11. The van der Waals surface area contributed by atoms with Crippen molar-refractivity contribution in [2.45, 2.75) is 13.5 Å². The number of ether oxygens (including phenoxy) is 1. The minimum Gasteiger partial charge on any atom is -0.454 e. The maximum absolute atomic E-state index is 5.44. The third-order valence-corrected chi connectivity index (χ3v) is 2.96. The van der Waals surface area contributed by atoms with E-state index in [4.69, 9.17) is 9.15 Å². The summed E-state index contributed by atoms with van der Waals surface area (Å²) in [7, 11) is 0. The van der Waals surface area contributed by atoms with Gasteiger partial charge in [-0.15, -0.1) is 0 Å². The summed E-state index contributed by atoms with van der Waals surface area (Å²) in [6, 6.07) is 3.99. The second-order valence-corrected chi connectivity index (χ2v) is 5.18. The van der Waals surface area contributed by atoms with Gasteiger partial charge in [0.2, 0.25) is 0 Å². The van der Waals surface area contributed by atoms with Crippen molar-refractivity contribution in [3.8, 4) is 0 Å². The third kappa shape index (κ3) is 2.49. The van der Waals surface area contributed by atoms with Gasteiger partial charge in [0.05, 0.1) is 19.8 Å². The largest absolute Gasteiger partial charge is 0.454 e. The van der Waals surface area contributed by atoms with Gasteiger partial charge in [-0.05, 0) is 34.7 Å². The average molecular weight is 307 g/mol. The van der Waals surface area contributed by atoms with E-state index in [1.807, 2.05) is 12.1 Å². The molecule has 0 atom stereocenters. The summed E-state index contributed by atoms with van der Waals surface area (Å²) in [5.41, 5.74) is 0.333. The van der Waals surface area contributed by atoms with Crippen molar-refractivity contribution in [2.24, 2.45) is 5.41 Å². The molecule has 1 fully saturated rings. The second kappa shape index (κ2) is 4.20. The maximum Gasteiger partial charge on any atom is 0.164 e. The summed E-state index contributed by atoms with van der Waals surface area (Å²) in [4.78, 5) is 0. The third-order valence-electron chi connectivity index (χ3n) is 2.38. The number of rotatable bonds is 4. The predicted octanol–water partition coefficient (Wildman–Crippen LogP) is 2.01. The number of furan rings is 1. The fraction of sp³-hybridized carbons (Fsp3) is 0.600. The van der Waals surface area contributed by atoms with Crippen molar-refractivity contribution in [2.75, 3.05) is 19.8 Å². The van der Waals surface area contributed by atoms with Crippen LogP contribution in [0.25, 0.3) is 0 Å². The van der Waals surface area contributed by atoms with Gasteiger partial charge in [-0.3, -0.25) is 0 Å². The maximum atomic E-state index is 5.44. The summed E-state index contributed by atoms with van der Waals surface area (Å²) < 4.78 is 11.6. The molecule has 3 nitrogen and oxygen atoms in total. The Morgan fingerprint density at radius 3 is 2.79 bits per heavy atom. The Hall–Kier alpha value is -0.0700. The van der Waals surface area contributed by atoms with E-state index in [0.29, 0.717) is 5.41 Å². The van der Waals surface area contributed by atoms with E-state index >= 15 is 0 Å².